The molecule has 0 amide bonds. The number of benzene rings is 2. The summed E-state index contributed by atoms with van der Waals surface area (Å²) in [4.78, 5) is 10.8. The predicted molar refractivity (Wildman–Crippen MR) is 91.9 cm³/mol. The average Bonchev–Trinajstić information content (AvgIpc) is 2.56. The second-order valence-corrected chi connectivity index (χ2v) is 4.49. The quantitative estimate of drug-likeness (QED) is 0.505. The van der Waals surface area contributed by atoms with Gasteiger partial charge in [-0.05, 0) is 17.7 Å². The van der Waals surface area contributed by atoms with Gasteiger partial charge in [0.25, 0.3) is 0 Å². The van der Waals surface area contributed by atoms with Crippen molar-refractivity contribution in [3.63, 3.8) is 0 Å². The fourth-order valence-corrected chi connectivity index (χ4v) is 2.13. The third-order valence-corrected chi connectivity index (χ3v) is 3.19. The Morgan fingerprint density at radius 1 is 1.18 bits per heavy atom. The lowest BCUT2D eigenvalue weighted by molar-refractivity contribution is -0.604. The molecule has 3 nitrogen and oxygen atoms in total. The van der Waals surface area contributed by atoms with Gasteiger partial charge in [-0.15, -0.1) is 11.6 Å². The summed E-state index contributed by atoms with van der Waals surface area (Å²) in [5.74, 6) is -0.901. The highest BCUT2D eigenvalue weighted by atomic mass is 35.5. The Hall–Kier alpha value is -2.10. The van der Waals surface area contributed by atoms with Gasteiger partial charge in [0.1, 0.15) is 6.54 Å². The summed E-state index contributed by atoms with van der Waals surface area (Å²) >= 11 is 4.64. The Balaban J connectivity index is 0.00000116. The molecule has 0 atom stereocenters. The van der Waals surface area contributed by atoms with Gasteiger partial charge in [-0.25, -0.2) is 4.79 Å². The van der Waals surface area contributed by atoms with Crippen molar-refractivity contribution in [2.24, 2.45) is 0 Å². The van der Waals surface area contributed by atoms with E-state index in [1.807, 2.05) is 23.5 Å². The van der Waals surface area contributed by atoms with Gasteiger partial charge in [-0.1, -0.05) is 48.5 Å². The molecule has 2 rings (SSSR count). The van der Waals surface area contributed by atoms with Crippen LogP contribution in [0.25, 0.3) is 10.8 Å². The maximum atomic E-state index is 10.8. The maximum Gasteiger partial charge on any atom is 0.335 e. The fraction of sp³-hybridized carbons (Fsp3) is 0.167. The van der Waals surface area contributed by atoms with Gasteiger partial charge in [-0.3, -0.25) is 0 Å². The van der Waals surface area contributed by atoms with Crippen LogP contribution in [0.2, 0.25) is 0 Å². The number of alkyl halides is 1. The molecule has 4 heteroatoms. The van der Waals surface area contributed by atoms with Crippen molar-refractivity contribution in [1.29, 1.82) is 0 Å². The number of carboxylic acid groups (broad SMARTS) is 1. The summed E-state index contributed by atoms with van der Waals surface area (Å²) in [7, 11) is 0. The number of carboxylic acids is 1. The van der Waals surface area contributed by atoms with Crippen LogP contribution in [-0.2, 0) is 11.3 Å². The van der Waals surface area contributed by atoms with Crippen LogP contribution in [0, 0.1) is 0 Å². The van der Waals surface area contributed by atoms with Crippen molar-refractivity contribution in [2.75, 3.05) is 6.38 Å². The van der Waals surface area contributed by atoms with Crippen LogP contribution in [0.3, 0.4) is 0 Å². The normalized spacial score (nSPS) is 11.3. The SMILES string of the molecule is C/C=C(\C=C/[NH2+]Cc1cccc2ccccc12)C(=O)O.CCl. The Labute approximate surface area is 135 Å². The van der Waals surface area contributed by atoms with E-state index in [-0.39, 0.29) is 0 Å². The fourth-order valence-electron chi connectivity index (χ4n) is 2.13. The van der Waals surface area contributed by atoms with Crippen LogP contribution in [0.4, 0.5) is 0 Å². The van der Waals surface area contributed by atoms with Crippen LogP contribution in [0.15, 0.2) is 66.4 Å². The molecule has 0 heterocycles. The standard InChI is InChI=1S/C17H17NO2.CH3Cl/c1-2-13(17(19)20)10-11-18-12-15-8-5-7-14-6-3-4-9-16(14)15;1-2/h2-11,18H,12H2,1H3,(H,19,20);1H3/p+1/b11-10-,13-2+;. The van der Waals surface area contributed by atoms with E-state index < -0.39 is 5.97 Å². The summed E-state index contributed by atoms with van der Waals surface area (Å²) in [5.41, 5.74) is 1.55. The highest BCUT2D eigenvalue weighted by Gasteiger charge is 2.02. The molecule has 0 aliphatic carbocycles. The van der Waals surface area contributed by atoms with Crippen molar-refractivity contribution < 1.29 is 15.2 Å². The first-order valence-electron chi connectivity index (χ1n) is 6.96. The number of hydrogen-bond acceptors (Lipinski definition) is 1. The zero-order valence-electron chi connectivity index (χ0n) is 12.8. The van der Waals surface area contributed by atoms with E-state index in [2.05, 4.69) is 35.9 Å². The molecule has 116 valence electrons. The first kappa shape index (κ1) is 18.0. The zero-order valence-corrected chi connectivity index (χ0v) is 13.5. The van der Waals surface area contributed by atoms with Crippen molar-refractivity contribution in [3.05, 3.63) is 72.0 Å². The van der Waals surface area contributed by atoms with E-state index in [4.69, 9.17) is 5.11 Å². The Kier molecular flexibility index (Phi) is 7.97. The number of nitrogens with two attached hydrogens (primary N) is 1. The lowest BCUT2D eigenvalue weighted by Crippen LogP contribution is -2.76. The minimum atomic E-state index is -0.901. The number of quaternary nitrogens is 1. The molecule has 22 heavy (non-hydrogen) atoms. The Morgan fingerprint density at radius 2 is 1.86 bits per heavy atom. The van der Waals surface area contributed by atoms with Crippen LogP contribution < -0.4 is 5.32 Å². The number of hydrogen-bond donors (Lipinski definition) is 2. The number of halogens is 1. The highest BCUT2D eigenvalue weighted by molar-refractivity contribution is 6.15. The van der Waals surface area contributed by atoms with Gasteiger partial charge in [0, 0.05) is 18.0 Å². The molecule has 3 N–H and O–H groups in total. The van der Waals surface area contributed by atoms with E-state index in [1.54, 1.807) is 25.3 Å². The summed E-state index contributed by atoms with van der Waals surface area (Å²) < 4.78 is 0. The van der Waals surface area contributed by atoms with E-state index in [1.165, 1.54) is 22.7 Å². The molecule has 0 saturated heterocycles. The van der Waals surface area contributed by atoms with E-state index in [0.29, 0.717) is 5.57 Å². The molecule has 0 spiro atoms. The molecule has 2 aromatic carbocycles. The maximum absolute atomic E-state index is 10.8. The Morgan fingerprint density at radius 3 is 2.55 bits per heavy atom. The molecule has 0 bridgehead atoms. The largest absolute Gasteiger partial charge is 0.478 e. The van der Waals surface area contributed by atoms with Crippen LogP contribution in [0.5, 0.6) is 0 Å². The molecular formula is C18H21ClNO2+. The molecule has 0 radical (unpaired) electrons. The van der Waals surface area contributed by atoms with Gasteiger partial charge in [0.05, 0.1) is 11.8 Å². The minimum Gasteiger partial charge on any atom is -0.478 e. The van der Waals surface area contributed by atoms with Crippen LogP contribution in [-0.4, -0.2) is 17.5 Å². The first-order chi connectivity index (χ1) is 10.7. The third kappa shape index (κ3) is 5.02. The van der Waals surface area contributed by atoms with Gasteiger partial charge in [0.2, 0.25) is 0 Å². The van der Waals surface area contributed by atoms with Gasteiger partial charge in [0.15, 0.2) is 0 Å². The second-order valence-electron chi connectivity index (χ2n) is 4.49. The van der Waals surface area contributed by atoms with Crippen molar-refractivity contribution in [3.8, 4) is 0 Å². The third-order valence-electron chi connectivity index (χ3n) is 3.19. The summed E-state index contributed by atoms with van der Waals surface area (Å²) in [5, 5.41) is 13.3. The van der Waals surface area contributed by atoms with Gasteiger partial charge < -0.3 is 10.4 Å². The number of carbonyl (C=O) groups is 1. The van der Waals surface area contributed by atoms with Gasteiger partial charge >= 0.3 is 5.97 Å². The average molecular weight is 319 g/mol. The smallest absolute Gasteiger partial charge is 0.335 e. The molecule has 0 aliphatic heterocycles. The van der Waals surface area contributed by atoms with Crippen molar-refractivity contribution in [1.82, 2.24) is 0 Å². The lowest BCUT2D eigenvalue weighted by atomic mass is 10.0. The minimum absolute atomic E-state index is 0.305. The molecule has 2 aromatic rings. The van der Waals surface area contributed by atoms with Crippen molar-refractivity contribution >= 4 is 28.3 Å². The monoisotopic (exact) mass is 318 g/mol. The number of allylic oxidation sites excluding steroid dienone is 1. The van der Waals surface area contributed by atoms with E-state index >= 15 is 0 Å². The summed E-state index contributed by atoms with van der Waals surface area (Å²) in [6.45, 7) is 2.51. The first-order valence-corrected chi connectivity index (χ1v) is 7.72. The number of fused-ring (bicyclic) bond motifs is 1. The second kappa shape index (κ2) is 9.77. The van der Waals surface area contributed by atoms with Crippen LogP contribution >= 0.6 is 11.6 Å². The molecule has 0 unspecified atom stereocenters. The van der Waals surface area contributed by atoms with Gasteiger partial charge in [-0.2, -0.15) is 0 Å². The molecule has 0 aromatic heterocycles. The van der Waals surface area contributed by atoms with Crippen molar-refractivity contribution in [2.45, 2.75) is 13.5 Å². The number of rotatable bonds is 5. The lowest BCUT2D eigenvalue weighted by Gasteiger charge is -2.03. The van der Waals surface area contributed by atoms with Crippen LogP contribution in [0.1, 0.15) is 12.5 Å². The molecular weight excluding hydrogens is 298 g/mol. The Bertz CT molecular complexity index is 672. The van der Waals surface area contributed by atoms with E-state index in [9.17, 15) is 4.79 Å². The topological polar surface area (TPSA) is 53.9 Å². The molecule has 0 aliphatic rings. The van der Waals surface area contributed by atoms with E-state index in [0.717, 1.165) is 6.54 Å². The predicted octanol–water partition coefficient (Wildman–Crippen LogP) is 3.30. The summed E-state index contributed by atoms with van der Waals surface area (Å²) in [6.07, 6.45) is 6.48. The zero-order chi connectivity index (χ0) is 16.4. The molecule has 0 saturated carbocycles. The summed E-state index contributed by atoms with van der Waals surface area (Å²) in [6, 6.07) is 14.5. The number of aliphatic carboxylic acids is 1. The molecule has 0 fully saturated rings. The highest BCUT2D eigenvalue weighted by Crippen LogP contribution is 2.17.